The minimum Gasteiger partial charge on any atom is -0.419 e. The van der Waals surface area contributed by atoms with E-state index in [1.165, 1.54) is 6.07 Å². The molecule has 2 aromatic heterocycles. The van der Waals surface area contributed by atoms with Crippen molar-refractivity contribution in [2.45, 2.75) is 26.3 Å². The number of aryl methyl sites for hydroxylation is 3. The summed E-state index contributed by atoms with van der Waals surface area (Å²) in [7, 11) is 1.79. The molecule has 0 saturated heterocycles. The minimum atomic E-state index is -0.337. The van der Waals surface area contributed by atoms with E-state index in [0.29, 0.717) is 23.8 Å². The highest BCUT2D eigenvalue weighted by Crippen LogP contribution is 2.18. The Morgan fingerprint density at radius 3 is 2.84 bits per heavy atom. The standard InChI is InChI=1S/C17H18FN5O2/c1-11-9-14(23(2)22-11)17-21-20-16(25-17)8-7-15(24)19-10-12-5-3-4-6-13(12)18/h3-6,9H,7-8,10H2,1-2H3,(H,19,24). The van der Waals surface area contributed by atoms with E-state index >= 15 is 0 Å². The average molecular weight is 343 g/mol. The molecule has 3 aromatic rings. The van der Waals surface area contributed by atoms with Crippen LogP contribution in [0.1, 0.15) is 23.6 Å². The molecule has 8 heteroatoms. The second kappa shape index (κ2) is 7.25. The van der Waals surface area contributed by atoms with Crippen molar-refractivity contribution < 1.29 is 13.6 Å². The molecule has 2 heterocycles. The van der Waals surface area contributed by atoms with E-state index < -0.39 is 0 Å². The normalized spacial score (nSPS) is 10.8. The summed E-state index contributed by atoms with van der Waals surface area (Å²) in [6, 6.07) is 8.18. The van der Waals surface area contributed by atoms with Gasteiger partial charge in [-0.2, -0.15) is 5.10 Å². The molecule has 0 saturated carbocycles. The van der Waals surface area contributed by atoms with Crippen molar-refractivity contribution in [3.63, 3.8) is 0 Å². The number of hydrogen-bond donors (Lipinski definition) is 1. The van der Waals surface area contributed by atoms with Gasteiger partial charge in [0.05, 0.1) is 5.69 Å². The fourth-order valence-corrected chi connectivity index (χ4v) is 2.41. The van der Waals surface area contributed by atoms with E-state index in [9.17, 15) is 9.18 Å². The number of nitrogens with zero attached hydrogens (tertiary/aromatic N) is 4. The lowest BCUT2D eigenvalue weighted by Gasteiger charge is -2.05. The van der Waals surface area contributed by atoms with Gasteiger partial charge < -0.3 is 9.73 Å². The van der Waals surface area contributed by atoms with E-state index in [-0.39, 0.29) is 24.7 Å². The van der Waals surface area contributed by atoms with Gasteiger partial charge in [-0.3, -0.25) is 9.48 Å². The van der Waals surface area contributed by atoms with Crippen molar-refractivity contribution >= 4 is 5.91 Å². The van der Waals surface area contributed by atoms with Crippen LogP contribution >= 0.6 is 0 Å². The van der Waals surface area contributed by atoms with Crippen LogP contribution in [0.2, 0.25) is 0 Å². The zero-order valence-electron chi connectivity index (χ0n) is 14.0. The molecule has 1 amide bonds. The fourth-order valence-electron chi connectivity index (χ4n) is 2.41. The van der Waals surface area contributed by atoms with Gasteiger partial charge in [-0.05, 0) is 19.1 Å². The summed E-state index contributed by atoms with van der Waals surface area (Å²) < 4.78 is 20.7. The third-order valence-electron chi connectivity index (χ3n) is 3.69. The molecular weight excluding hydrogens is 325 g/mol. The third kappa shape index (κ3) is 4.09. The Morgan fingerprint density at radius 1 is 1.32 bits per heavy atom. The number of rotatable bonds is 6. The fraction of sp³-hybridized carbons (Fsp3) is 0.294. The molecule has 0 aliphatic carbocycles. The highest BCUT2D eigenvalue weighted by Gasteiger charge is 2.14. The van der Waals surface area contributed by atoms with Crippen LogP contribution in [0, 0.1) is 12.7 Å². The molecule has 7 nitrogen and oxygen atoms in total. The van der Waals surface area contributed by atoms with Crippen molar-refractivity contribution in [1.82, 2.24) is 25.3 Å². The molecule has 0 radical (unpaired) electrons. The van der Waals surface area contributed by atoms with Gasteiger partial charge in [0.1, 0.15) is 11.5 Å². The molecule has 0 atom stereocenters. The van der Waals surface area contributed by atoms with Crippen LogP contribution < -0.4 is 5.32 Å². The van der Waals surface area contributed by atoms with E-state index in [1.54, 1.807) is 29.9 Å². The zero-order valence-corrected chi connectivity index (χ0v) is 14.0. The van der Waals surface area contributed by atoms with Crippen molar-refractivity contribution in [1.29, 1.82) is 0 Å². The van der Waals surface area contributed by atoms with E-state index in [2.05, 4.69) is 20.6 Å². The van der Waals surface area contributed by atoms with Gasteiger partial charge in [0.25, 0.3) is 5.89 Å². The molecule has 0 aliphatic heterocycles. The Kier molecular flexibility index (Phi) is 4.87. The first-order valence-electron chi connectivity index (χ1n) is 7.86. The molecule has 1 aromatic carbocycles. The SMILES string of the molecule is Cc1cc(-c2nnc(CCC(=O)NCc3ccccc3F)o2)n(C)n1. The Balaban J connectivity index is 1.53. The van der Waals surface area contributed by atoms with Crippen LogP contribution in [0.15, 0.2) is 34.7 Å². The maximum atomic E-state index is 13.5. The summed E-state index contributed by atoms with van der Waals surface area (Å²) in [5.41, 5.74) is 2.02. The molecule has 0 unspecified atom stereocenters. The van der Waals surface area contributed by atoms with E-state index in [4.69, 9.17) is 4.42 Å². The smallest absolute Gasteiger partial charge is 0.265 e. The summed E-state index contributed by atoms with van der Waals surface area (Å²) in [5.74, 6) is 0.190. The van der Waals surface area contributed by atoms with Crippen LogP contribution in [-0.2, 0) is 24.8 Å². The van der Waals surface area contributed by atoms with Crippen molar-refractivity contribution in [3.05, 3.63) is 53.3 Å². The minimum absolute atomic E-state index is 0.148. The Bertz CT molecular complexity index is 887. The van der Waals surface area contributed by atoms with Crippen LogP contribution in [0.4, 0.5) is 4.39 Å². The third-order valence-corrected chi connectivity index (χ3v) is 3.69. The highest BCUT2D eigenvalue weighted by molar-refractivity contribution is 5.76. The van der Waals surface area contributed by atoms with Crippen molar-refractivity contribution in [3.8, 4) is 11.6 Å². The van der Waals surface area contributed by atoms with Gasteiger partial charge >= 0.3 is 0 Å². The molecule has 0 bridgehead atoms. The molecule has 3 rings (SSSR count). The number of nitrogens with one attached hydrogen (secondary N) is 1. The number of carbonyl (C=O) groups is 1. The Labute approximate surface area is 143 Å². The summed E-state index contributed by atoms with van der Waals surface area (Å²) in [4.78, 5) is 11.9. The number of benzene rings is 1. The summed E-state index contributed by atoms with van der Waals surface area (Å²) in [6.45, 7) is 2.02. The van der Waals surface area contributed by atoms with E-state index in [0.717, 1.165) is 11.4 Å². The predicted octanol–water partition coefficient (Wildman–Crippen LogP) is 2.17. The van der Waals surface area contributed by atoms with Gasteiger partial charge in [0.15, 0.2) is 0 Å². The molecule has 25 heavy (non-hydrogen) atoms. The summed E-state index contributed by atoms with van der Waals surface area (Å²) >= 11 is 0. The number of hydrogen-bond acceptors (Lipinski definition) is 5. The zero-order chi connectivity index (χ0) is 17.8. The second-order valence-electron chi connectivity index (χ2n) is 5.66. The van der Waals surface area contributed by atoms with Gasteiger partial charge in [-0.15, -0.1) is 10.2 Å². The van der Waals surface area contributed by atoms with Crippen LogP contribution in [-0.4, -0.2) is 25.9 Å². The first-order chi connectivity index (χ1) is 12.0. The largest absolute Gasteiger partial charge is 0.419 e. The maximum Gasteiger partial charge on any atom is 0.265 e. The van der Waals surface area contributed by atoms with Crippen LogP contribution in [0.5, 0.6) is 0 Å². The predicted molar refractivity (Wildman–Crippen MR) is 87.8 cm³/mol. The number of carbonyl (C=O) groups excluding carboxylic acids is 1. The van der Waals surface area contributed by atoms with E-state index in [1.807, 2.05) is 13.0 Å². The Morgan fingerprint density at radius 2 is 2.12 bits per heavy atom. The molecule has 130 valence electrons. The van der Waals surface area contributed by atoms with Gasteiger partial charge in [-0.1, -0.05) is 18.2 Å². The number of amides is 1. The summed E-state index contributed by atoms with van der Waals surface area (Å²) in [5, 5.41) is 14.8. The molecule has 1 N–H and O–H groups in total. The van der Waals surface area contributed by atoms with Crippen LogP contribution in [0.25, 0.3) is 11.6 Å². The Hall–Kier alpha value is -3.03. The lowest BCUT2D eigenvalue weighted by molar-refractivity contribution is -0.121. The lowest BCUT2D eigenvalue weighted by Crippen LogP contribution is -2.23. The van der Waals surface area contributed by atoms with Crippen molar-refractivity contribution in [2.24, 2.45) is 7.05 Å². The maximum absolute atomic E-state index is 13.5. The highest BCUT2D eigenvalue weighted by atomic mass is 19.1. The number of halogens is 1. The lowest BCUT2D eigenvalue weighted by atomic mass is 10.2. The van der Waals surface area contributed by atoms with Crippen molar-refractivity contribution in [2.75, 3.05) is 0 Å². The van der Waals surface area contributed by atoms with Gasteiger partial charge in [-0.25, -0.2) is 4.39 Å². The molecular formula is C17H18FN5O2. The quantitative estimate of drug-likeness (QED) is 0.741. The van der Waals surface area contributed by atoms with Gasteiger partial charge in [0.2, 0.25) is 11.8 Å². The first-order valence-corrected chi connectivity index (χ1v) is 7.86. The van der Waals surface area contributed by atoms with Crippen LogP contribution in [0.3, 0.4) is 0 Å². The molecule has 0 fully saturated rings. The average Bonchev–Trinajstić information content (AvgIpc) is 3.18. The molecule has 0 spiro atoms. The second-order valence-corrected chi connectivity index (χ2v) is 5.66. The monoisotopic (exact) mass is 343 g/mol. The molecule has 0 aliphatic rings. The number of aromatic nitrogens is 4. The topological polar surface area (TPSA) is 85.8 Å². The summed E-state index contributed by atoms with van der Waals surface area (Å²) in [6.07, 6.45) is 0.493. The first kappa shape index (κ1) is 16.8. The van der Waals surface area contributed by atoms with Gasteiger partial charge in [0, 0.05) is 32.0 Å².